The lowest BCUT2D eigenvalue weighted by atomic mass is 10.1. The first-order chi connectivity index (χ1) is 4.83. The van der Waals surface area contributed by atoms with Crippen LogP contribution in [0.25, 0.3) is 0 Å². The lowest BCUT2D eigenvalue weighted by Gasteiger charge is -1.95. The summed E-state index contributed by atoms with van der Waals surface area (Å²) in [6.07, 6.45) is 2.23. The number of esters is 1. The van der Waals surface area contributed by atoms with Crippen molar-refractivity contribution in [3.05, 3.63) is 10.6 Å². The Hall–Kier alpha value is -0.310. The Labute approximate surface area is 68.4 Å². The molecule has 3 heteroatoms. The van der Waals surface area contributed by atoms with Crippen molar-refractivity contribution in [1.82, 2.24) is 0 Å². The topological polar surface area (TPSA) is 26.3 Å². The molecule has 0 saturated carbocycles. The minimum absolute atomic E-state index is 0.0793. The molecular formula is C7H9BrO2. The van der Waals surface area contributed by atoms with Crippen LogP contribution in [-0.2, 0) is 9.53 Å². The van der Waals surface area contributed by atoms with Crippen LogP contribution in [0.15, 0.2) is 10.6 Å². The molecule has 1 saturated heterocycles. The van der Waals surface area contributed by atoms with Gasteiger partial charge in [-0.1, -0.05) is 21.5 Å². The van der Waals surface area contributed by atoms with Crippen LogP contribution in [0.1, 0.15) is 19.3 Å². The van der Waals surface area contributed by atoms with Crippen molar-refractivity contribution in [1.29, 1.82) is 0 Å². The SMILES string of the molecule is O=C1CC/C(=C\Br)CCO1. The van der Waals surface area contributed by atoms with Crippen LogP contribution in [-0.4, -0.2) is 12.6 Å². The number of hydrogen-bond acceptors (Lipinski definition) is 2. The maximum absolute atomic E-state index is 10.7. The molecule has 10 heavy (non-hydrogen) atoms. The maximum atomic E-state index is 10.7. The third-order valence-electron chi connectivity index (χ3n) is 1.49. The monoisotopic (exact) mass is 204 g/mol. The van der Waals surface area contributed by atoms with E-state index in [1.54, 1.807) is 0 Å². The largest absolute Gasteiger partial charge is 0.465 e. The minimum Gasteiger partial charge on any atom is -0.465 e. The maximum Gasteiger partial charge on any atom is 0.306 e. The number of ether oxygens (including phenoxy) is 1. The second kappa shape index (κ2) is 3.76. The van der Waals surface area contributed by atoms with Crippen molar-refractivity contribution in [2.75, 3.05) is 6.61 Å². The van der Waals surface area contributed by atoms with Gasteiger partial charge >= 0.3 is 5.97 Å². The molecule has 0 spiro atoms. The Kier molecular flexibility index (Phi) is 2.93. The standard InChI is InChI=1S/C7H9BrO2/c8-5-6-1-2-7(9)10-4-3-6/h5H,1-4H2/b6-5+. The Morgan fingerprint density at radius 2 is 2.20 bits per heavy atom. The summed E-state index contributed by atoms with van der Waals surface area (Å²) in [6.45, 7) is 0.538. The summed E-state index contributed by atoms with van der Waals surface area (Å²) in [4.78, 5) is 12.6. The first kappa shape index (κ1) is 7.79. The van der Waals surface area contributed by atoms with E-state index in [9.17, 15) is 4.79 Å². The molecule has 0 bridgehead atoms. The molecule has 0 atom stereocenters. The highest BCUT2D eigenvalue weighted by Crippen LogP contribution is 2.16. The van der Waals surface area contributed by atoms with Crippen LogP contribution < -0.4 is 0 Å². The van der Waals surface area contributed by atoms with Gasteiger partial charge in [0.15, 0.2) is 0 Å². The summed E-state index contributed by atoms with van der Waals surface area (Å²) in [7, 11) is 0. The molecule has 0 aliphatic carbocycles. The molecule has 0 N–H and O–H groups in total. The minimum atomic E-state index is -0.0793. The fraction of sp³-hybridized carbons (Fsp3) is 0.571. The molecule has 0 aromatic rings. The molecule has 1 heterocycles. The van der Waals surface area contributed by atoms with E-state index in [1.165, 1.54) is 5.57 Å². The van der Waals surface area contributed by atoms with E-state index in [4.69, 9.17) is 4.74 Å². The molecule has 0 unspecified atom stereocenters. The van der Waals surface area contributed by atoms with Gasteiger partial charge in [-0.2, -0.15) is 0 Å². The van der Waals surface area contributed by atoms with Gasteiger partial charge < -0.3 is 4.74 Å². The van der Waals surface area contributed by atoms with Crippen molar-refractivity contribution in [2.45, 2.75) is 19.3 Å². The van der Waals surface area contributed by atoms with Gasteiger partial charge in [-0.05, 0) is 11.4 Å². The average Bonchev–Trinajstić information content (AvgIpc) is 2.14. The van der Waals surface area contributed by atoms with Crippen LogP contribution in [0, 0.1) is 0 Å². The predicted octanol–water partition coefficient (Wildman–Crippen LogP) is 1.99. The van der Waals surface area contributed by atoms with E-state index in [0.29, 0.717) is 13.0 Å². The van der Waals surface area contributed by atoms with Gasteiger partial charge in [-0.15, -0.1) is 0 Å². The zero-order chi connectivity index (χ0) is 7.40. The number of cyclic esters (lactones) is 1. The van der Waals surface area contributed by atoms with Gasteiger partial charge in [0.1, 0.15) is 0 Å². The van der Waals surface area contributed by atoms with E-state index in [1.807, 2.05) is 4.99 Å². The van der Waals surface area contributed by atoms with Crippen LogP contribution in [0.4, 0.5) is 0 Å². The number of rotatable bonds is 0. The summed E-state index contributed by atoms with van der Waals surface area (Å²) in [5.41, 5.74) is 1.26. The number of halogens is 1. The van der Waals surface area contributed by atoms with Crippen molar-refractivity contribution < 1.29 is 9.53 Å². The van der Waals surface area contributed by atoms with Gasteiger partial charge in [0.25, 0.3) is 0 Å². The van der Waals surface area contributed by atoms with Crippen molar-refractivity contribution in [3.8, 4) is 0 Å². The van der Waals surface area contributed by atoms with E-state index in [0.717, 1.165) is 12.8 Å². The zero-order valence-corrected chi connectivity index (χ0v) is 7.19. The first-order valence-corrected chi connectivity index (χ1v) is 4.18. The smallest absolute Gasteiger partial charge is 0.306 e. The summed E-state index contributed by atoms with van der Waals surface area (Å²) >= 11 is 3.24. The second-order valence-corrected chi connectivity index (χ2v) is 2.70. The molecule has 1 aliphatic heterocycles. The van der Waals surface area contributed by atoms with Gasteiger partial charge in [0, 0.05) is 12.8 Å². The normalized spacial score (nSPS) is 24.1. The van der Waals surface area contributed by atoms with Crippen LogP contribution in [0.2, 0.25) is 0 Å². The fourth-order valence-corrected chi connectivity index (χ4v) is 1.32. The molecular weight excluding hydrogens is 196 g/mol. The highest BCUT2D eigenvalue weighted by Gasteiger charge is 2.10. The molecule has 0 aromatic carbocycles. The number of carbonyl (C=O) groups is 1. The molecule has 56 valence electrons. The Morgan fingerprint density at radius 1 is 1.40 bits per heavy atom. The van der Waals surface area contributed by atoms with Crippen LogP contribution in [0.5, 0.6) is 0 Å². The number of hydrogen-bond donors (Lipinski definition) is 0. The Morgan fingerprint density at radius 3 is 2.90 bits per heavy atom. The summed E-state index contributed by atoms with van der Waals surface area (Å²) < 4.78 is 4.83. The summed E-state index contributed by atoms with van der Waals surface area (Å²) in [5, 5.41) is 0. The number of carbonyl (C=O) groups excluding carboxylic acids is 1. The molecule has 2 nitrogen and oxygen atoms in total. The molecule has 1 aliphatic rings. The van der Waals surface area contributed by atoms with E-state index in [2.05, 4.69) is 15.9 Å². The van der Waals surface area contributed by atoms with Gasteiger partial charge in [-0.3, -0.25) is 4.79 Å². The second-order valence-electron chi connectivity index (χ2n) is 2.24. The highest BCUT2D eigenvalue weighted by atomic mass is 79.9. The van der Waals surface area contributed by atoms with Gasteiger partial charge in [-0.25, -0.2) is 0 Å². The van der Waals surface area contributed by atoms with E-state index < -0.39 is 0 Å². The Bertz CT molecular complexity index is 163. The van der Waals surface area contributed by atoms with E-state index >= 15 is 0 Å². The molecule has 0 aromatic heterocycles. The quantitative estimate of drug-likeness (QED) is 0.565. The third-order valence-corrected chi connectivity index (χ3v) is 2.14. The van der Waals surface area contributed by atoms with Gasteiger partial charge in [0.05, 0.1) is 6.61 Å². The fourth-order valence-electron chi connectivity index (χ4n) is 0.865. The van der Waals surface area contributed by atoms with Crippen molar-refractivity contribution in [2.24, 2.45) is 0 Å². The van der Waals surface area contributed by atoms with E-state index in [-0.39, 0.29) is 5.97 Å². The Balaban J connectivity index is 2.48. The molecule has 0 radical (unpaired) electrons. The average molecular weight is 205 g/mol. The van der Waals surface area contributed by atoms with Crippen molar-refractivity contribution >= 4 is 21.9 Å². The zero-order valence-electron chi connectivity index (χ0n) is 5.60. The molecule has 1 rings (SSSR count). The van der Waals surface area contributed by atoms with Crippen molar-refractivity contribution in [3.63, 3.8) is 0 Å². The lowest BCUT2D eigenvalue weighted by Crippen LogP contribution is -2.00. The van der Waals surface area contributed by atoms with Crippen LogP contribution >= 0.6 is 15.9 Å². The van der Waals surface area contributed by atoms with Gasteiger partial charge in [0.2, 0.25) is 0 Å². The first-order valence-electron chi connectivity index (χ1n) is 3.26. The highest BCUT2D eigenvalue weighted by molar-refractivity contribution is 9.11. The predicted molar refractivity (Wildman–Crippen MR) is 41.8 cm³/mol. The third kappa shape index (κ3) is 2.14. The summed E-state index contributed by atoms with van der Waals surface area (Å²) in [5.74, 6) is -0.0793. The lowest BCUT2D eigenvalue weighted by molar-refractivity contribution is -0.142. The van der Waals surface area contributed by atoms with Crippen LogP contribution in [0.3, 0.4) is 0 Å². The molecule has 0 amide bonds. The molecule has 1 fully saturated rings. The summed E-state index contributed by atoms with van der Waals surface area (Å²) in [6, 6.07) is 0.